The third-order valence-electron chi connectivity index (χ3n) is 1.90. The fourth-order valence-electron chi connectivity index (χ4n) is 1.29. The number of thiophene rings is 1. The Balaban J connectivity index is 2.79. The standard InChI is InChI=1S/C9H8FNOS/c10-6-1-5(3-12)2-8-9(6)7(11)4-13-8/h1-2,4,12H,3,11H2. The van der Waals surface area contributed by atoms with Crippen LogP contribution in [0.1, 0.15) is 5.56 Å². The lowest BCUT2D eigenvalue weighted by atomic mass is 10.1. The van der Waals surface area contributed by atoms with Crippen molar-refractivity contribution >= 4 is 27.1 Å². The number of benzene rings is 1. The van der Waals surface area contributed by atoms with Crippen LogP contribution in [-0.4, -0.2) is 5.11 Å². The van der Waals surface area contributed by atoms with E-state index in [1.165, 1.54) is 17.4 Å². The van der Waals surface area contributed by atoms with Crippen LogP contribution in [0.2, 0.25) is 0 Å². The van der Waals surface area contributed by atoms with Gasteiger partial charge in [-0.3, -0.25) is 0 Å². The molecule has 0 atom stereocenters. The molecule has 0 fully saturated rings. The van der Waals surface area contributed by atoms with E-state index in [2.05, 4.69) is 0 Å². The van der Waals surface area contributed by atoms with Crippen molar-refractivity contribution in [3.63, 3.8) is 0 Å². The van der Waals surface area contributed by atoms with Crippen molar-refractivity contribution in [1.29, 1.82) is 0 Å². The summed E-state index contributed by atoms with van der Waals surface area (Å²) in [6.07, 6.45) is 0. The summed E-state index contributed by atoms with van der Waals surface area (Å²) in [5, 5.41) is 11.0. The molecule has 0 aliphatic heterocycles. The average molecular weight is 197 g/mol. The summed E-state index contributed by atoms with van der Waals surface area (Å²) in [5.41, 5.74) is 6.61. The van der Waals surface area contributed by atoms with Crippen LogP contribution in [0.5, 0.6) is 0 Å². The molecule has 0 radical (unpaired) electrons. The molecule has 0 unspecified atom stereocenters. The number of anilines is 1. The number of nitrogens with two attached hydrogens (primary N) is 1. The summed E-state index contributed by atoms with van der Waals surface area (Å²) in [5.74, 6) is -0.361. The molecule has 4 heteroatoms. The average Bonchev–Trinajstić information content (AvgIpc) is 2.48. The fourth-order valence-corrected chi connectivity index (χ4v) is 2.21. The van der Waals surface area contributed by atoms with Crippen LogP contribution in [0.4, 0.5) is 10.1 Å². The van der Waals surface area contributed by atoms with Gasteiger partial charge >= 0.3 is 0 Å². The first-order valence-electron chi connectivity index (χ1n) is 3.78. The van der Waals surface area contributed by atoms with Crippen LogP contribution >= 0.6 is 11.3 Å². The smallest absolute Gasteiger partial charge is 0.134 e. The van der Waals surface area contributed by atoms with Gasteiger partial charge in [-0.1, -0.05) is 0 Å². The van der Waals surface area contributed by atoms with Gasteiger partial charge in [-0.15, -0.1) is 11.3 Å². The van der Waals surface area contributed by atoms with Gasteiger partial charge in [-0.2, -0.15) is 0 Å². The third-order valence-corrected chi connectivity index (χ3v) is 2.85. The molecule has 0 spiro atoms. The number of hydrogen-bond acceptors (Lipinski definition) is 3. The number of rotatable bonds is 1. The van der Waals surface area contributed by atoms with Crippen LogP contribution in [0.25, 0.3) is 10.1 Å². The molecule has 0 saturated heterocycles. The van der Waals surface area contributed by atoms with Crippen LogP contribution in [0.15, 0.2) is 17.5 Å². The highest BCUT2D eigenvalue weighted by Crippen LogP contribution is 2.31. The molecule has 0 aliphatic rings. The molecule has 13 heavy (non-hydrogen) atoms. The maximum Gasteiger partial charge on any atom is 0.134 e. The zero-order valence-corrected chi connectivity index (χ0v) is 7.57. The second-order valence-electron chi connectivity index (χ2n) is 2.80. The van der Waals surface area contributed by atoms with E-state index in [1.807, 2.05) is 0 Å². The largest absolute Gasteiger partial charge is 0.397 e. The molecule has 1 aromatic carbocycles. The van der Waals surface area contributed by atoms with E-state index in [0.29, 0.717) is 16.6 Å². The Morgan fingerprint density at radius 3 is 2.92 bits per heavy atom. The van der Waals surface area contributed by atoms with Crippen molar-refractivity contribution in [3.8, 4) is 0 Å². The van der Waals surface area contributed by atoms with Crippen molar-refractivity contribution < 1.29 is 9.50 Å². The zero-order valence-electron chi connectivity index (χ0n) is 6.75. The van der Waals surface area contributed by atoms with Crippen molar-refractivity contribution in [2.24, 2.45) is 0 Å². The van der Waals surface area contributed by atoms with Crippen LogP contribution in [0, 0.1) is 5.82 Å². The number of halogens is 1. The number of aliphatic hydroxyl groups excluding tert-OH is 1. The minimum absolute atomic E-state index is 0.148. The monoisotopic (exact) mass is 197 g/mol. The third kappa shape index (κ3) is 1.28. The molecule has 0 saturated carbocycles. The van der Waals surface area contributed by atoms with Gasteiger partial charge in [0.2, 0.25) is 0 Å². The van der Waals surface area contributed by atoms with E-state index >= 15 is 0 Å². The Bertz CT molecular complexity index is 452. The van der Waals surface area contributed by atoms with Crippen molar-refractivity contribution in [2.45, 2.75) is 6.61 Å². The summed E-state index contributed by atoms with van der Waals surface area (Å²) < 4.78 is 14.1. The summed E-state index contributed by atoms with van der Waals surface area (Å²) in [4.78, 5) is 0. The SMILES string of the molecule is Nc1csc2cc(CO)cc(F)c12. The summed E-state index contributed by atoms with van der Waals surface area (Å²) >= 11 is 1.38. The first kappa shape index (κ1) is 8.47. The second kappa shape index (κ2) is 2.97. The molecule has 1 heterocycles. The molecular formula is C9H8FNOS. The van der Waals surface area contributed by atoms with Crippen LogP contribution in [0.3, 0.4) is 0 Å². The number of nitrogen functional groups attached to an aromatic ring is 1. The lowest BCUT2D eigenvalue weighted by Gasteiger charge is -1.98. The predicted molar refractivity (Wildman–Crippen MR) is 52.1 cm³/mol. The minimum Gasteiger partial charge on any atom is -0.397 e. The van der Waals surface area contributed by atoms with Crippen molar-refractivity contribution in [1.82, 2.24) is 0 Å². The lowest BCUT2D eigenvalue weighted by Crippen LogP contribution is -1.88. The molecule has 68 valence electrons. The highest BCUT2D eigenvalue weighted by Gasteiger charge is 2.08. The molecule has 2 rings (SSSR count). The first-order chi connectivity index (χ1) is 6.22. The fraction of sp³-hybridized carbons (Fsp3) is 0.111. The molecule has 3 N–H and O–H groups in total. The van der Waals surface area contributed by atoms with Crippen molar-refractivity contribution in [2.75, 3.05) is 5.73 Å². The van der Waals surface area contributed by atoms with E-state index in [9.17, 15) is 4.39 Å². The zero-order chi connectivity index (χ0) is 9.42. The Labute approximate surface area is 78.4 Å². The molecule has 0 bridgehead atoms. The topological polar surface area (TPSA) is 46.2 Å². The summed E-state index contributed by atoms with van der Waals surface area (Å²) in [6, 6.07) is 3.06. The highest BCUT2D eigenvalue weighted by atomic mass is 32.1. The van der Waals surface area contributed by atoms with E-state index in [1.54, 1.807) is 11.4 Å². The van der Waals surface area contributed by atoms with Gasteiger partial charge in [0, 0.05) is 10.1 Å². The highest BCUT2D eigenvalue weighted by molar-refractivity contribution is 7.17. The maximum absolute atomic E-state index is 13.3. The van der Waals surface area contributed by atoms with Gasteiger partial charge in [0.05, 0.1) is 17.7 Å². The quantitative estimate of drug-likeness (QED) is 0.735. The molecule has 1 aromatic heterocycles. The van der Waals surface area contributed by atoms with Gasteiger partial charge in [0.1, 0.15) is 5.82 Å². The normalized spacial score (nSPS) is 10.9. The Morgan fingerprint density at radius 1 is 1.46 bits per heavy atom. The Hall–Kier alpha value is -1.13. The van der Waals surface area contributed by atoms with E-state index < -0.39 is 0 Å². The molecule has 2 aromatic rings. The summed E-state index contributed by atoms with van der Waals surface area (Å²) in [6.45, 7) is -0.148. The number of hydrogen-bond donors (Lipinski definition) is 2. The lowest BCUT2D eigenvalue weighted by molar-refractivity contribution is 0.281. The van der Waals surface area contributed by atoms with Gasteiger partial charge in [0.25, 0.3) is 0 Å². The van der Waals surface area contributed by atoms with E-state index in [4.69, 9.17) is 10.8 Å². The van der Waals surface area contributed by atoms with Gasteiger partial charge in [-0.25, -0.2) is 4.39 Å². The van der Waals surface area contributed by atoms with E-state index in [-0.39, 0.29) is 12.4 Å². The van der Waals surface area contributed by atoms with Gasteiger partial charge in [0.15, 0.2) is 0 Å². The van der Waals surface area contributed by atoms with Gasteiger partial charge < -0.3 is 10.8 Å². The molecular weight excluding hydrogens is 189 g/mol. The second-order valence-corrected chi connectivity index (χ2v) is 3.71. The number of aliphatic hydroxyl groups is 1. The molecule has 0 aliphatic carbocycles. The van der Waals surface area contributed by atoms with Crippen LogP contribution < -0.4 is 5.73 Å². The summed E-state index contributed by atoms with van der Waals surface area (Å²) in [7, 11) is 0. The first-order valence-corrected chi connectivity index (χ1v) is 4.66. The predicted octanol–water partition coefficient (Wildman–Crippen LogP) is 2.11. The molecule has 0 amide bonds. The number of fused-ring (bicyclic) bond motifs is 1. The maximum atomic E-state index is 13.3. The van der Waals surface area contributed by atoms with Gasteiger partial charge in [-0.05, 0) is 17.7 Å². The minimum atomic E-state index is -0.361. The Morgan fingerprint density at radius 2 is 2.23 bits per heavy atom. The molecule has 2 nitrogen and oxygen atoms in total. The van der Waals surface area contributed by atoms with Crippen LogP contribution in [-0.2, 0) is 6.61 Å². The Kier molecular flexibility index (Phi) is 1.94. The van der Waals surface area contributed by atoms with Crippen molar-refractivity contribution in [3.05, 3.63) is 28.9 Å². The van der Waals surface area contributed by atoms with E-state index in [0.717, 1.165) is 4.70 Å².